The zero-order chi connectivity index (χ0) is 12.1. The molecular weight excluding hydrogens is 252 g/mol. The Hall–Kier alpha value is -0.220. The minimum Gasteiger partial charge on any atom is -0.314 e. The summed E-state index contributed by atoms with van der Waals surface area (Å²) in [4.78, 5) is 3.86. The maximum atomic E-state index is 5.86. The zero-order valence-electron chi connectivity index (χ0n) is 10.2. The lowest BCUT2D eigenvalue weighted by Crippen LogP contribution is -2.50. The van der Waals surface area contributed by atoms with Gasteiger partial charge in [-0.1, -0.05) is 11.6 Å². The van der Waals surface area contributed by atoms with Crippen LogP contribution in [0.1, 0.15) is 6.92 Å². The standard InChI is InChI=1S/C13H19ClN2S/c1-11-10-15-6-7-16(11)8-9-17-13-4-2-12(14)3-5-13/h2-5,11,15H,6-10H2,1H3/t11-/m0/s1. The summed E-state index contributed by atoms with van der Waals surface area (Å²) in [7, 11) is 0. The summed E-state index contributed by atoms with van der Waals surface area (Å²) in [6, 6.07) is 8.76. The first-order chi connectivity index (χ1) is 8.25. The average molecular weight is 271 g/mol. The Morgan fingerprint density at radius 1 is 1.41 bits per heavy atom. The molecule has 0 aliphatic carbocycles. The highest BCUT2D eigenvalue weighted by Gasteiger charge is 2.16. The Balaban J connectivity index is 1.73. The van der Waals surface area contributed by atoms with E-state index < -0.39 is 0 Å². The Labute approximate surface area is 113 Å². The van der Waals surface area contributed by atoms with Gasteiger partial charge in [-0.2, -0.15) is 0 Å². The number of benzene rings is 1. The van der Waals surface area contributed by atoms with Crippen LogP contribution in [-0.4, -0.2) is 42.9 Å². The molecule has 0 bridgehead atoms. The number of thioether (sulfide) groups is 1. The minimum atomic E-state index is 0.662. The molecule has 2 rings (SSSR count). The second-order valence-corrected chi connectivity index (χ2v) is 6.00. The van der Waals surface area contributed by atoms with Crippen LogP contribution in [0.4, 0.5) is 0 Å². The lowest BCUT2D eigenvalue weighted by molar-refractivity contribution is 0.185. The average Bonchev–Trinajstić information content (AvgIpc) is 2.34. The first-order valence-electron chi connectivity index (χ1n) is 6.09. The molecule has 1 aromatic rings. The molecule has 1 fully saturated rings. The molecule has 17 heavy (non-hydrogen) atoms. The van der Waals surface area contributed by atoms with Crippen LogP contribution in [0.2, 0.25) is 5.02 Å². The molecule has 1 aliphatic rings. The van der Waals surface area contributed by atoms with Crippen LogP contribution in [-0.2, 0) is 0 Å². The van der Waals surface area contributed by atoms with E-state index in [0.717, 1.165) is 30.4 Å². The third-order valence-electron chi connectivity index (χ3n) is 3.10. The second-order valence-electron chi connectivity index (χ2n) is 4.39. The lowest BCUT2D eigenvalue weighted by atomic mass is 10.2. The molecule has 0 unspecified atom stereocenters. The third-order valence-corrected chi connectivity index (χ3v) is 4.34. The first kappa shape index (κ1) is 13.2. The fraction of sp³-hybridized carbons (Fsp3) is 0.538. The van der Waals surface area contributed by atoms with Crippen molar-refractivity contribution in [2.24, 2.45) is 0 Å². The number of hydrogen-bond acceptors (Lipinski definition) is 3. The highest BCUT2D eigenvalue weighted by atomic mass is 35.5. The fourth-order valence-corrected chi connectivity index (χ4v) is 3.04. The molecule has 0 saturated carbocycles. The van der Waals surface area contributed by atoms with Crippen LogP contribution in [0.15, 0.2) is 29.2 Å². The number of hydrogen-bond donors (Lipinski definition) is 1. The molecule has 1 saturated heterocycles. The van der Waals surface area contributed by atoms with Crippen LogP contribution in [0, 0.1) is 0 Å². The van der Waals surface area contributed by atoms with Gasteiger partial charge in [0.05, 0.1) is 0 Å². The van der Waals surface area contributed by atoms with Gasteiger partial charge in [-0.25, -0.2) is 0 Å². The van der Waals surface area contributed by atoms with Crippen LogP contribution >= 0.6 is 23.4 Å². The van der Waals surface area contributed by atoms with Gasteiger partial charge in [0.2, 0.25) is 0 Å². The van der Waals surface area contributed by atoms with E-state index in [0.29, 0.717) is 6.04 Å². The topological polar surface area (TPSA) is 15.3 Å². The molecular formula is C13H19ClN2S. The number of piperazine rings is 1. The highest BCUT2D eigenvalue weighted by Crippen LogP contribution is 2.20. The van der Waals surface area contributed by atoms with Crippen molar-refractivity contribution in [1.29, 1.82) is 0 Å². The number of halogens is 1. The molecule has 94 valence electrons. The monoisotopic (exact) mass is 270 g/mol. The van der Waals surface area contributed by atoms with E-state index in [1.807, 2.05) is 23.9 Å². The van der Waals surface area contributed by atoms with Crippen molar-refractivity contribution in [2.45, 2.75) is 17.9 Å². The number of rotatable bonds is 4. The Morgan fingerprint density at radius 2 is 2.18 bits per heavy atom. The van der Waals surface area contributed by atoms with Crippen LogP contribution in [0.5, 0.6) is 0 Å². The summed E-state index contributed by atoms with van der Waals surface area (Å²) in [5.41, 5.74) is 0. The smallest absolute Gasteiger partial charge is 0.0406 e. The van der Waals surface area contributed by atoms with Gasteiger partial charge in [-0.3, -0.25) is 4.90 Å². The Morgan fingerprint density at radius 3 is 2.88 bits per heavy atom. The number of nitrogens with one attached hydrogen (secondary N) is 1. The zero-order valence-corrected chi connectivity index (χ0v) is 11.7. The fourth-order valence-electron chi connectivity index (χ4n) is 2.03. The van der Waals surface area contributed by atoms with Crippen molar-refractivity contribution in [3.8, 4) is 0 Å². The highest BCUT2D eigenvalue weighted by molar-refractivity contribution is 7.99. The Bertz CT molecular complexity index is 342. The van der Waals surface area contributed by atoms with Crippen molar-refractivity contribution < 1.29 is 0 Å². The second kappa shape index (κ2) is 6.64. The van der Waals surface area contributed by atoms with E-state index in [4.69, 9.17) is 11.6 Å². The third kappa shape index (κ3) is 4.18. The normalized spacial score (nSPS) is 21.6. The summed E-state index contributed by atoms with van der Waals surface area (Å²) >= 11 is 7.77. The largest absolute Gasteiger partial charge is 0.314 e. The predicted octanol–water partition coefficient (Wildman–Crippen LogP) is 2.73. The van der Waals surface area contributed by atoms with E-state index in [1.165, 1.54) is 11.4 Å². The van der Waals surface area contributed by atoms with E-state index in [2.05, 4.69) is 29.3 Å². The van der Waals surface area contributed by atoms with E-state index in [-0.39, 0.29) is 0 Å². The molecule has 1 N–H and O–H groups in total. The van der Waals surface area contributed by atoms with Crippen molar-refractivity contribution in [3.05, 3.63) is 29.3 Å². The molecule has 1 atom stereocenters. The molecule has 0 spiro atoms. The molecule has 1 heterocycles. The molecule has 2 nitrogen and oxygen atoms in total. The Kier molecular flexibility index (Phi) is 5.16. The molecule has 0 radical (unpaired) electrons. The lowest BCUT2D eigenvalue weighted by Gasteiger charge is -2.33. The van der Waals surface area contributed by atoms with Crippen molar-refractivity contribution in [3.63, 3.8) is 0 Å². The van der Waals surface area contributed by atoms with Gasteiger partial charge in [0.15, 0.2) is 0 Å². The summed E-state index contributed by atoms with van der Waals surface area (Å²) in [6.45, 7) is 6.86. The first-order valence-corrected chi connectivity index (χ1v) is 7.45. The van der Waals surface area contributed by atoms with Gasteiger partial charge in [0.1, 0.15) is 0 Å². The molecule has 1 aliphatic heterocycles. The van der Waals surface area contributed by atoms with Crippen molar-refractivity contribution >= 4 is 23.4 Å². The maximum absolute atomic E-state index is 5.86. The van der Waals surface area contributed by atoms with Gasteiger partial charge in [0.25, 0.3) is 0 Å². The predicted molar refractivity (Wildman–Crippen MR) is 76.1 cm³/mol. The summed E-state index contributed by atoms with van der Waals surface area (Å²) in [5, 5.41) is 4.23. The van der Waals surface area contributed by atoms with Gasteiger partial charge >= 0.3 is 0 Å². The maximum Gasteiger partial charge on any atom is 0.0406 e. The van der Waals surface area contributed by atoms with Crippen LogP contribution in [0.25, 0.3) is 0 Å². The quantitative estimate of drug-likeness (QED) is 0.847. The molecule has 4 heteroatoms. The summed E-state index contributed by atoms with van der Waals surface area (Å²) in [5.74, 6) is 1.14. The summed E-state index contributed by atoms with van der Waals surface area (Å²) < 4.78 is 0. The van der Waals surface area contributed by atoms with E-state index in [9.17, 15) is 0 Å². The van der Waals surface area contributed by atoms with E-state index in [1.54, 1.807) is 0 Å². The molecule has 0 aromatic heterocycles. The van der Waals surface area contributed by atoms with Gasteiger partial charge < -0.3 is 5.32 Å². The van der Waals surface area contributed by atoms with E-state index >= 15 is 0 Å². The van der Waals surface area contributed by atoms with Gasteiger partial charge in [0, 0.05) is 47.9 Å². The summed E-state index contributed by atoms with van der Waals surface area (Å²) in [6.07, 6.45) is 0. The van der Waals surface area contributed by atoms with Gasteiger partial charge in [-0.15, -0.1) is 11.8 Å². The van der Waals surface area contributed by atoms with Crippen LogP contribution in [0.3, 0.4) is 0 Å². The van der Waals surface area contributed by atoms with Crippen molar-refractivity contribution in [1.82, 2.24) is 10.2 Å². The SMILES string of the molecule is C[C@H]1CNCCN1CCSc1ccc(Cl)cc1. The molecule has 0 amide bonds. The van der Waals surface area contributed by atoms with Gasteiger partial charge in [-0.05, 0) is 31.2 Å². The van der Waals surface area contributed by atoms with Crippen LogP contribution < -0.4 is 5.32 Å². The number of nitrogens with zero attached hydrogens (tertiary/aromatic N) is 1. The van der Waals surface area contributed by atoms with Crippen molar-refractivity contribution in [2.75, 3.05) is 31.9 Å². The molecule has 1 aromatic carbocycles. The minimum absolute atomic E-state index is 0.662.